The monoisotopic (exact) mass is 394 g/mol. The van der Waals surface area contributed by atoms with Crippen molar-refractivity contribution in [3.8, 4) is 11.5 Å². The van der Waals surface area contributed by atoms with Crippen molar-refractivity contribution in [2.24, 2.45) is 0 Å². The molecule has 0 aliphatic carbocycles. The Morgan fingerprint density at radius 3 is 2.43 bits per heavy atom. The molecule has 0 fully saturated rings. The minimum absolute atomic E-state index is 0.0321. The van der Waals surface area contributed by atoms with E-state index in [4.69, 9.17) is 9.47 Å². The van der Waals surface area contributed by atoms with Gasteiger partial charge in [-0.3, -0.25) is 9.59 Å². The summed E-state index contributed by atoms with van der Waals surface area (Å²) < 4.78 is 48.1. The fraction of sp³-hybridized carbons (Fsp3) is 0.263. The van der Waals surface area contributed by atoms with Crippen LogP contribution >= 0.6 is 0 Å². The van der Waals surface area contributed by atoms with Crippen LogP contribution in [-0.4, -0.2) is 25.2 Å². The molecule has 0 radical (unpaired) electrons. The number of carbonyl (C=O) groups excluding carboxylic acids is 2. The molecule has 9 heteroatoms. The molecular formula is C19H17F3N2O4. The fourth-order valence-corrected chi connectivity index (χ4v) is 2.63. The summed E-state index contributed by atoms with van der Waals surface area (Å²) in [7, 11) is 0. The van der Waals surface area contributed by atoms with E-state index in [1.807, 2.05) is 0 Å². The maximum Gasteiger partial charge on any atom is 0.416 e. The lowest BCUT2D eigenvalue weighted by Crippen LogP contribution is -2.38. The van der Waals surface area contributed by atoms with E-state index >= 15 is 0 Å². The number of halogens is 3. The summed E-state index contributed by atoms with van der Waals surface area (Å²) in [6, 6.07) is 8.70. The van der Waals surface area contributed by atoms with Crippen LogP contribution in [0.4, 0.5) is 13.2 Å². The van der Waals surface area contributed by atoms with Crippen molar-refractivity contribution in [2.75, 3.05) is 13.3 Å². The quantitative estimate of drug-likeness (QED) is 0.817. The van der Waals surface area contributed by atoms with Gasteiger partial charge < -0.3 is 20.1 Å². The van der Waals surface area contributed by atoms with E-state index in [1.165, 1.54) is 0 Å². The Labute approximate surface area is 158 Å². The zero-order valence-corrected chi connectivity index (χ0v) is 14.8. The number of fused-ring (bicyclic) bond motifs is 1. The molecular weight excluding hydrogens is 377 g/mol. The number of amides is 2. The molecule has 1 unspecified atom stereocenters. The first kappa shape index (κ1) is 19.5. The van der Waals surface area contributed by atoms with Crippen LogP contribution in [0.25, 0.3) is 0 Å². The SMILES string of the molecule is CC(NC(=O)CNC(=O)c1ccc(C(F)(F)F)cc1)c1ccc2c(c1)OCO2. The van der Waals surface area contributed by atoms with Gasteiger partial charge in [0.15, 0.2) is 11.5 Å². The zero-order valence-electron chi connectivity index (χ0n) is 14.8. The molecule has 2 amide bonds. The molecule has 2 aromatic rings. The van der Waals surface area contributed by atoms with Gasteiger partial charge in [-0.1, -0.05) is 6.07 Å². The molecule has 6 nitrogen and oxygen atoms in total. The molecule has 1 aliphatic rings. The maximum absolute atomic E-state index is 12.5. The number of rotatable bonds is 5. The second kappa shape index (κ2) is 7.79. The van der Waals surface area contributed by atoms with Crippen LogP contribution in [0.5, 0.6) is 11.5 Å². The van der Waals surface area contributed by atoms with E-state index in [-0.39, 0.29) is 24.9 Å². The average molecular weight is 394 g/mol. The third kappa shape index (κ3) is 4.54. The molecule has 1 heterocycles. The lowest BCUT2D eigenvalue weighted by molar-refractivity contribution is -0.137. The molecule has 28 heavy (non-hydrogen) atoms. The highest BCUT2D eigenvalue weighted by molar-refractivity contribution is 5.96. The topological polar surface area (TPSA) is 76.7 Å². The van der Waals surface area contributed by atoms with E-state index in [2.05, 4.69) is 10.6 Å². The van der Waals surface area contributed by atoms with Crippen molar-refractivity contribution in [3.05, 3.63) is 59.2 Å². The lowest BCUT2D eigenvalue weighted by Gasteiger charge is -2.15. The number of alkyl halides is 3. The molecule has 0 bridgehead atoms. The van der Waals surface area contributed by atoms with Gasteiger partial charge in [-0.2, -0.15) is 13.2 Å². The van der Waals surface area contributed by atoms with Crippen LogP contribution in [-0.2, 0) is 11.0 Å². The summed E-state index contributed by atoms with van der Waals surface area (Å²) in [5.41, 5.74) is -0.0179. The highest BCUT2D eigenvalue weighted by Gasteiger charge is 2.30. The Kier molecular flexibility index (Phi) is 5.43. The Morgan fingerprint density at radius 1 is 1.07 bits per heavy atom. The van der Waals surface area contributed by atoms with Crippen LogP contribution in [0.1, 0.15) is 34.5 Å². The van der Waals surface area contributed by atoms with Crippen LogP contribution in [0.3, 0.4) is 0 Å². The normalized spacial score (nSPS) is 13.7. The number of carbonyl (C=O) groups is 2. The first-order chi connectivity index (χ1) is 13.2. The van der Waals surface area contributed by atoms with Gasteiger partial charge in [-0.25, -0.2) is 0 Å². The maximum atomic E-state index is 12.5. The summed E-state index contributed by atoms with van der Waals surface area (Å²) >= 11 is 0. The van der Waals surface area contributed by atoms with Gasteiger partial charge in [0.1, 0.15) is 0 Å². The summed E-state index contributed by atoms with van der Waals surface area (Å²) in [4.78, 5) is 24.0. The van der Waals surface area contributed by atoms with Crippen molar-refractivity contribution in [1.29, 1.82) is 0 Å². The predicted octanol–water partition coefficient (Wildman–Crippen LogP) is 3.04. The number of nitrogens with one attached hydrogen (secondary N) is 2. The van der Waals surface area contributed by atoms with E-state index in [0.717, 1.165) is 29.8 Å². The van der Waals surface area contributed by atoms with E-state index in [1.54, 1.807) is 25.1 Å². The van der Waals surface area contributed by atoms with Crippen LogP contribution in [0, 0.1) is 0 Å². The Morgan fingerprint density at radius 2 is 1.75 bits per heavy atom. The third-order valence-electron chi connectivity index (χ3n) is 4.16. The second-order valence-electron chi connectivity index (χ2n) is 6.16. The minimum atomic E-state index is -4.47. The van der Waals surface area contributed by atoms with Gasteiger partial charge in [0.2, 0.25) is 12.7 Å². The molecule has 2 N–H and O–H groups in total. The van der Waals surface area contributed by atoms with Gasteiger partial charge in [0.05, 0.1) is 18.2 Å². The highest BCUT2D eigenvalue weighted by Crippen LogP contribution is 2.34. The highest BCUT2D eigenvalue weighted by atomic mass is 19.4. The van der Waals surface area contributed by atoms with Crippen molar-refractivity contribution in [1.82, 2.24) is 10.6 Å². The first-order valence-electron chi connectivity index (χ1n) is 8.38. The summed E-state index contributed by atoms with van der Waals surface area (Å²) in [5, 5.41) is 5.10. The van der Waals surface area contributed by atoms with E-state index in [0.29, 0.717) is 11.5 Å². The van der Waals surface area contributed by atoms with Crippen LogP contribution in [0.15, 0.2) is 42.5 Å². The van der Waals surface area contributed by atoms with Crippen molar-refractivity contribution < 1.29 is 32.2 Å². The van der Waals surface area contributed by atoms with Gasteiger partial charge in [0, 0.05) is 5.56 Å². The molecule has 148 valence electrons. The summed E-state index contributed by atoms with van der Waals surface area (Å²) in [5.74, 6) is 0.144. The fourth-order valence-electron chi connectivity index (χ4n) is 2.63. The zero-order chi connectivity index (χ0) is 20.3. The Bertz CT molecular complexity index is 882. The van der Waals surface area contributed by atoms with Gasteiger partial charge in [0.25, 0.3) is 5.91 Å². The van der Waals surface area contributed by atoms with Crippen LogP contribution in [0.2, 0.25) is 0 Å². The first-order valence-corrected chi connectivity index (χ1v) is 8.38. The predicted molar refractivity (Wildman–Crippen MR) is 92.9 cm³/mol. The lowest BCUT2D eigenvalue weighted by atomic mass is 10.1. The number of hydrogen-bond acceptors (Lipinski definition) is 4. The Balaban J connectivity index is 1.51. The third-order valence-corrected chi connectivity index (χ3v) is 4.16. The summed E-state index contributed by atoms with van der Waals surface area (Å²) in [6.07, 6.45) is -4.47. The largest absolute Gasteiger partial charge is 0.454 e. The van der Waals surface area contributed by atoms with Gasteiger partial charge >= 0.3 is 6.18 Å². The smallest absolute Gasteiger partial charge is 0.416 e. The van der Waals surface area contributed by atoms with E-state index < -0.39 is 23.6 Å². The standard InChI is InChI=1S/C19H17F3N2O4/c1-11(13-4-7-15-16(8-13)28-10-27-15)24-17(25)9-23-18(26)12-2-5-14(6-3-12)19(20,21)22/h2-8,11H,9-10H2,1H3,(H,23,26)(H,24,25). The molecule has 3 rings (SSSR count). The average Bonchev–Trinajstić information content (AvgIpc) is 3.13. The van der Waals surface area contributed by atoms with Gasteiger partial charge in [-0.05, 0) is 48.9 Å². The minimum Gasteiger partial charge on any atom is -0.454 e. The molecule has 2 aromatic carbocycles. The van der Waals surface area contributed by atoms with Crippen molar-refractivity contribution >= 4 is 11.8 Å². The summed E-state index contributed by atoms with van der Waals surface area (Å²) in [6.45, 7) is 1.61. The van der Waals surface area contributed by atoms with Crippen molar-refractivity contribution in [3.63, 3.8) is 0 Å². The Hall–Kier alpha value is -3.23. The number of hydrogen-bond donors (Lipinski definition) is 2. The molecule has 1 aliphatic heterocycles. The molecule has 0 aromatic heterocycles. The van der Waals surface area contributed by atoms with Crippen molar-refractivity contribution in [2.45, 2.75) is 19.1 Å². The molecule has 0 spiro atoms. The molecule has 1 atom stereocenters. The molecule has 0 saturated carbocycles. The van der Waals surface area contributed by atoms with Crippen LogP contribution < -0.4 is 20.1 Å². The number of benzene rings is 2. The number of ether oxygens (including phenoxy) is 2. The molecule has 0 saturated heterocycles. The van der Waals surface area contributed by atoms with E-state index in [9.17, 15) is 22.8 Å². The van der Waals surface area contributed by atoms with Gasteiger partial charge in [-0.15, -0.1) is 0 Å². The second-order valence-corrected chi connectivity index (χ2v) is 6.16.